The van der Waals surface area contributed by atoms with Crippen LogP contribution in [-0.2, 0) is 0 Å². The lowest BCUT2D eigenvalue weighted by Gasteiger charge is -2.21. The fourth-order valence-corrected chi connectivity index (χ4v) is 2.14. The number of benzene rings is 2. The predicted octanol–water partition coefficient (Wildman–Crippen LogP) is 4.00. The summed E-state index contributed by atoms with van der Waals surface area (Å²) in [6.45, 7) is 6.20. The zero-order valence-corrected chi connectivity index (χ0v) is 11.9. The maximum Gasteiger partial charge on any atom is 0.125 e. The van der Waals surface area contributed by atoms with Crippen LogP contribution in [-0.4, -0.2) is 13.1 Å². The van der Waals surface area contributed by atoms with E-state index in [2.05, 4.69) is 24.1 Å². The molecule has 3 nitrogen and oxygen atoms in total. The van der Waals surface area contributed by atoms with Crippen LogP contribution in [0.3, 0.4) is 0 Å². The standard InChI is InChI=1S/C16H20FN3/c1-3-20(4-2)14-8-6-13(7-9-14)19-16-11-12(17)5-10-15(16)18/h5-11,19H,3-4,18H2,1-2H3. The number of nitrogens with two attached hydrogens (primary N) is 1. The molecule has 0 spiro atoms. The van der Waals surface area contributed by atoms with Gasteiger partial charge in [-0.15, -0.1) is 0 Å². The first-order chi connectivity index (χ1) is 9.63. The zero-order chi connectivity index (χ0) is 14.5. The summed E-state index contributed by atoms with van der Waals surface area (Å²) >= 11 is 0. The van der Waals surface area contributed by atoms with Crippen molar-refractivity contribution in [2.24, 2.45) is 0 Å². The Labute approximate surface area is 119 Å². The summed E-state index contributed by atoms with van der Waals surface area (Å²) in [6, 6.07) is 12.3. The molecule has 20 heavy (non-hydrogen) atoms. The average Bonchev–Trinajstić information content (AvgIpc) is 2.46. The topological polar surface area (TPSA) is 41.3 Å². The number of hydrogen-bond donors (Lipinski definition) is 2. The Morgan fingerprint density at radius 2 is 1.70 bits per heavy atom. The molecule has 0 saturated carbocycles. The van der Waals surface area contributed by atoms with Crippen molar-refractivity contribution in [3.8, 4) is 0 Å². The van der Waals surface area contributed by atoms with Crippen LogP contribution in [0.4, 0.5) is 27.1 Å². The van der Waals surface area contributed by atoms with Crippen molar-refractivity contribution >= 4 is 22.7 Å². The van der Waals surface area contributed by atoms with Gasteiger partial charge in [0.05, 0.1) is 11.4 Å². The second-order valence-electron chi connectivity index (χ2n) is 4.58. The van der Waals surface area contributed by atoms with Crippen LogP contribution < -0.4 is 16.0 Å². The molecule has 106 valence electrons. The minimum atomic E-state index is -0.304. The number of nitrogens with zero attached hydrogens (tertiary/aromatic N) is 1. The molecule has 3 N–H and O–H groups in total. The molecule has 0 atom stereocenters. The number of nitrogen functional groups attached to an aromatic ring is 1. The molecule has 0 amide bonds. The summed E-state index contributed by atoms with van der Waals surface area (Å²) in [5.74, 6) is -0.304. The van der Waals surface area contributed by atoms with Crippen molar-refractivity contribution < 1.29 is 4.39 Å². The van der Waals surface area contributed by atoms with E-state index in [1.807, 2.05) is 24.3 Å². The van der Waals surface area contributed by atoms with Gasteiger partial charge in [-0.05, 0) is 56.3 Å². The molecule has 0 heterocycles. The summed E-state index contributed by atoms with van der Waals surface area (Å²) in [4.78, 5) is 2.26. The monoisotopic (exact) mass is 273 g/mol. The van der Waals surface area contributed by atoms with Crippen molar-refractivity contribution in [1.29, 1.82) is 0 Å². The SMILES string of the molecule is CCN(CC)c1ccc(Nc2cc(F)ccc2N)cc1. The van der Waals surface area contributed by atoms with Crippen LogP contribution in [0.25, 0.3) is 0 Å². The normalized spacial score (nSPS) is 10.3. The van der Waals surface area contributed by atoms with Gasteiger partial charge in [-0.25, -0.2) is 4.39 Å². The van der Waals surface area contributed by atoms with E-state index >= 15 is 0 Å². The van der Waals surface area contributed by atoms with Gasteiger partial charge in [0, 0.05) is 24.5 Å². The molecule has 0 unspecified atom stereocenters. The zero-order valence-electron chi connectivity index (χ0n) is 11.9. The van der Waals surface area contributed by atoms with Crippen molar-refractivity contribution in [3.05, 3.63) is 48.3 Å². The van der Waals surface area contributed by atoms with E-state index < -0.39 is 0 Å². The Hall–Kier alpha value is -2.23. The van der Waals surface area contributed by atoms with Crippen LogP contribution in [0.1, 0.15) is 13.8 Å². The van der Waals surface area contributed by atoms with E-state index in [1.165, 1.54) is 17.8 Å². The maximum absolute atomic E-state index is 13.2. The Kier molecular flexibility index (Phi) is 4.45. The molecule has 0 saturated heterocycles. The molecule has 0 aliphatic heterocycles. The molecular weight excluding hydrogens is 253 g/mol. The maximum atomic E-state index is 13.2. The average molecular weight is 273 g/mol. The lowest BCUT2D eigenvalue weighted by atomic mass is 10.2. The quantitative estimate of drug-likeness (QED) is 0.809. The van der Waals surface area contributed by atoms with E-state index in [4.69, 9.17) is 5.73 Å². The first-order valence-electron chi connectivity index (χ1n) is 6.81. The van der Waals surface area contributed by atoms with Gasteiger partial charge in [0.1, 0.15) is 5.82 Å². The van der Waals surface area contributed by atoms with Gasteiger partial charge in [-0.2, -0.15) is 0 Å². The van der Waals surface area contributed by atoms with E-state index in [-0.39, 0.29) is 5.82 Å². The van der Waals surface area contributed by atoms with Gasteiger partial charge in [0.15, 0.2) is 0 Å². The molecule has 0 aliphatic carbocycles. The molecule has 0 bridgehead atoms. The highest BCUT2D eigenvalue weighted by Gasteiger charge is 2.04. The lowest BCUT2D eigenvalue weighted by Crippen LogP contribution is -2.21. The largest absolute Gasteiger partial charge is 0.397 e. The highest BCUT2D eigenvalue weighted by molar-refractivity contribution is 5.73. The summed E-state index contributed by atoms with van der Waals surface area (Å²) in [5, 5.41) is 3.13. The first-order valence-corrected chi connectivity index (χ1v) is 6.81. The fraction of sp³-hybridized carbons (Fsp3) is 0.250. The summed E-state index contributed by atoms with van der Waals surface area (Å²) in [5.41, 5.74) is 8.99. The van der Waals surface area contributed by atoms with Crippen molar-refractivity contribution in [3.63, 3.8) is 0 Å². The van der Waals surface area contributed by atoms with Gasteiger partial charge in [0.25, 0.3) is 0 Å². The third-order valence-corrected chi connectivity index (χ3v) is 3.29. The minimum Gasteiger partial charge on any atom is -0.397 e. The Balaban J connectivity index is 2.16. The summed E-state index contributed by atoms with van der Waals surface area (Å²) in [7, 11) is 0. The molecule has 0 radical (unpaired) electrons. The van der Waals surface area contributed by atoms with Crippen LogP contribution in [0.15, 0.2) is 42.5 Å². The highest BCUT2D eigenvalue weighted by atomic mass is 19.1. The van der Waals surface area contributed by atoms with Gasteiger partial charge < -0.3 is 16.0 Å². The van der Waals surface area contributed by atoms with Crippen LogP contribution in [0, 0.1) is 5.82 Å². The van der Waals surface area contributed by atoms with Crippen molar-refractivity contribution in [2.75, 3.05) is 29.0 Å². The molecule has 4 heteroatoms. The number of anilines is 4. The molecule has 0 aliphatic rings. The van der Waals surface area contributed by atoms with Gasteiger partial charge >= 0.3 is 0 Å². The summed E-state index contributed by atoms with van der Waals surface area (Å²) in [6.07, 6.45) is 0. The predicted molar refractivity (Wildman–Crippen MR) is 84.1 cm³/mol. The van der Waals surface area contributed by atoms with Crippen molar-refractivity contribution in [2.45, 2.75) is 13.8 Å². The molecule has 2 aromatic carbocycles. The summed E-state index contributed by atoms with van der Waals surface area (Å²) < 4.78 is 13.2. The third-order valence-electron chi connectivity index (χ3n) is 3.29. The van der Waals surface area contributed by atoms with Crippen LogP contribution in [0.5, 0.6) is 0 Å². The van der Waals surface area contributed by atoms with Crippen molar-refractivity contribution in [1.82, 2.24) is 0 Å². The van der Waals surface area contributed by atoms with E-state index in [9.17, 15) is 4.39 Å². The third kappa shape index (κ3) is 3.20. The first kappa shape index (κ1) is 14.2. The number of nitrogens with one attached hydrogen (secondary N) is 1. The smallest absolute Gasteiger partial charge is 0.125 e. The molecule has 2 rings (SSSR count). The van der Waals surface area contributed by atoms with Gasteiger partial charge in [-0.1, -0.05) is 0 Å². The van der Waals surface area contributed by atoms with E-state index in [1.54, 1.807) is 6.07 Å². The number of halogens is 1. The lowest BCUT2D eigenvalue weighted by molar-refractivity contribution is 0.628. The second kappa shape index (κ2) is 6.28. The highest BCUT2D eigenvalue weighted by Crippen LogP contribution is 2.25. The van der Waals surface area contributed by atoms with Crippen LogP contribution in [0.2, 0.25) is 0 Å². The fourth-order valence-electron chi connectivity index (χ4n) is 2.14. The minimum absolute atomic E-state index is 0.304. The molecular formula is C16H20FN3. The Morgan fingerprint density at radius 3 is 2.30 bits per heavy atom. The molecule has 0 aromatic heterocycles. The van der Waals surface area contributed by atoms with E-state index in [0.717, 1.165) is 18.8 Å². The molecule has 0 fully saturated rings. The van der Waals surface area contributed by atoms with E-state index in [0.29, 0.717) is 11.4 Å². The van der Waals surface area contributed by atoms with Gasteiger partial charge in [-0.3, -0.25) is 0 Å². The molecule has 2 aromatic rings. The van der Waals surface area contributed by atoms with Crippen LogP contribution >= 0.6 is 0 Å². The number of hydrogen-bond acceptors (Lipinski definition) is 3. The van der Waals surface area contributed by atoms with Gasteiger partial charge in [0.2, 0.25) is 0 Å². The second-order valence-corrected chi connectivity index (χ2v) is 4.58. The Morgan fingerprint density at radius 1 is 1.05 bits per heavy atom. The Bertz CT molecular complexity index is 562. The number of rotatable bonds is 5.